The maximum absolute atomic E-state index is 14.1. The first-order valence-corrected chi connectivity index (χ1v) is 19.9. The fraction of sp³-hybridized carbons (Fsp3) is 0.429. The van der Waals surface area contributed by atoms with Gasteiger partial charge in [-0.2, -0.15) is 0 Å². The lowest BCUT2D eigenvalue weighted by molar-refractivity contribution is -0.350. The lowest BCUT2D eigenvalue weighted by Crippen LogP contribution is -2.64. The van der Waals surface area contributed by atoms with Crippen LogP contribution in [-0.2, 0) is 28.5 Å². The van der Waals surface area contributed by atoms with Crippen molar-refractivity contribution in [3.63, 3.8) is 0 Å². The molecule has 0 amide bonds. The SMILES string of the molecule is CC1OC(Oc2cc(O)c3c(=O)c(OC4OC(CO)C(O)C(O)C4O)c(-c4ccc(O)c(O)c4)oc3c2)C(O)C(OC2OC(COC(=O)C=Cc3ccc(O)cc3)C(O)C(O)C2O)C1O. The normalized spacial score (nSPS) is 32.9. The summed E-state index contributed by atoms with van der Waals surface area (Å²) >= 11 is 0. The van der Waals surface area contributed by atoms with Crippen LogP contribution in [0.2, 0.25) is 0 Å². The van der Waals surface area contributed by atoms with Crippen LogP contribution in [0.1, 0.15) is 12.5 Å². The Morgan fingerprint density at radius 3 is 2.00 bits per heavy atom. The number of hydrogen-bond donors (Lipinski definition) is 13. The van der Waals surface area contributed by atoms with E-state index in [0.717, 1.165) is 30.3 Å². The van der Waals surface area contributed by atoms with Crippen LogP contribution >= 0.6 is 0 Å². The molecule has 65 heavy (non-hydrogen) atoms. The van der Waals surface area contributed by atoms with E-state index in [4.69, 9.17) is 37.6 Å². The minimum absolute atomic E-state index is 0.0134. The van der Waals surface area contributed by atoms with Gasteiger partial charge in [0.2, 0.25) is 23.8 Å². The Balaban J connectivity index is 1.12. The summed E-state index contributed by atoms with van der Waals surface area (Å²) < 4.78 is 45.1. The van der Waals surface area contributed by atoms with Gasteiger partial charge in [0.25, 0.3) is 0 Å². The third-order valence-corrected chi connectivity index (χ3v) is 10.9. The van der Waals surface area contributed by atoms with Gasteiger partial charge >= 0.3 is 5.97 Å². The summed E-state index contributed by atoms with van der Waals surface area (Å²) in [6, 6.07) is 11.0. The van der Waals surface area contributed by atoms with Crippen molar-refractivity contribution in [1.82, 2.24) is 0 Å². The molecule has 4 aromatic rings. The molecule has 7 rings (SSSR count). The second kappa shape index (κ2) is 19.4. The standard InChI is InChI=1S/C42H46O23/c1-15-28(49)38(64-41-35(56)33(54)30(51)25(63-41)14-58-26(48)9-4-16-2-6-18(44)7-3-16)36(57)42(59-15)60-19-11-22(47)27-23(12-19)61-37(17-5-8-20(45)21(46)10-17)39(31(27)52)65-40-34(55)32(53)29(50)24(13-43)62-40/h2-12,15,24-25,28-30,32-36,38,40-47,49-51,53-57H,13-14H2,1H3. The number of hydrogen-bond acceptors (Lipinski definition) is 23. The first kappa shape index (κ1) is 47.3. The van der Waals surface area contributed by atoms with Crippen molar-refractivity contribution in [1.29, 1.82) is 0 Å². The Kier molecular flexibility index (Phi) is 14.2. The number of aliphatic hydroxyl groups is 9. The highest BCUT2D eigenvalue weighted by Gasteiger charge is 2.51. The number of rotatable bonds is 12. The van der Waals surface area contributed by atoms with Crippen molar-refractivity contribution >= 4 is 23.0 Å². The minimum Gasteiger partial charge on any atom is -0.508 e. The van der Waals surface area contributed by atoms with E-state index < -0.39 is 156 Å². The first-order valence-electron chi connectivity index (χ1n) is 19.9. The predicted molar refractivity (Wildman–Crippen MR) is 214 cm³/mol. The zero-order valence-electron chi connectivity index (χ0n) is 33.8. The molecule has 3 aliphatic rings. The van der Waals surface area contributed by atoms with E-state index in [1.54, 1.807) is 0 Å². The molecule has 3 saturated heterocycles. The molecule has 3 fully saturated rings. The highest BCUT2D eigenvalue weighted by atomic mass is 16.7. The van der Waals surface area contributed by atoms with E-state index in [1.807, 2.05) is 0 Å². The maximum Gasteiger partial charge on any atom is 0.330 e. The van der Waals surface area contributed by atoms with E-state index in [9.17, 15) is 76.0 Å². The Morgan fingerprint density at radius 2 is 1.32 bits per heavy atom. The summed E-state index contributed by atoms with van der Waals surface area (Å²) in [6.45, 7) is -0.125. The van der Waals surface area contributed by atoms with Gasteiger partial charge in [-0.15, -0.1) is 0 Å². The average Bonchev–Trinajstić information content (AvgIpc) is 3.27. The van der Waals surface area contributed by atoms with Gasteiger partial charge in [0, 0.05) is 23.8 Å². The number of esters is 1. The molecule has 0 aliphatic carbocycles. The number of ether oxygens (including phenoxy) is 7. The van der Waals surface area contributed by atoms with Crippen molar-refractivity contribution in [3.8, 4) is 45.8 Å². The molecular weight excluding hydrogens is 872 g/mol. The van der Waals surface area contributed by atoms with Crippen LogP contribution in [0, 0.1) is 0 Å². The number of phenolic OH excluding ortho intramolecular Hbond substituents is 4. The molecule has 0 spiro atoms. The molecule has 3 aromatic carbocycles. The number of carbonyl (C=O) groups excluding carboxylic acids is 1. The monoisotopic (exact) mass is 918 g/mol. The maximum atomic E-state index is 14.1. The molecule has 23 nitrogen and oxygen atoms in total. The summed E-state index contributed by atoms with van der Waals surface area (Å²) in [7, 11) is 0. The van der Waals surface area contributed by atoms with Crippen molar-refractivity contribution in [2.75, 3.05) is 13.2 Å². The second-order valence-electron chi connectivity index (χ2n) is 15.4. The summed E-state index contributed by atoms with van der Waals surface area (Å²) in [5, 5.41) is 136. The van der Waals surface area contributed by atoms with E-state index in [-0.39, 0.29) is 17.1 Å². The van der Waals surface area contributed by atoms with E-state index in [2.05, 4.69) is 0 Å². The third kappa shape index (κ3) is 9.83. The van der Waals surface area contributed by atoms with Crippen molar-refractivity contribution in [2.24, 2.45) is 0 Å². The highest BCUT2D eigenvalue weighted by molar-refractivity contribution is 5.89. The number of aliphatic hydroxyl groups excluding tert-OH is 9. The van der Waals surface area contributed by atoms with E-state index >= 15 is 0 Å². The van der Waals surface area contributed by atoms with Gasteiger partial charge in [-0.25, -0.2) is 4.79 Å². The van der Waals surface area contributed by atoms with Crippen LogP contribution in [0.15, 0.2) is 69.9 Å². The van der Waals surface area contributed by atoms with Gasteiger partial charge in [0.1, 0.15) is 102 Å². The number of aromatic hydroxyl groups is 4. The molecule has 0 bridgehead atoms. The second-order valence-corrected chi connectivity index (χ2v) is 15.4. The minimum atomic E-state index is -1.99. The number of carbonyl (C=O) groups is 1. The van der Waals surface area contributed by atoms with Crippen molar-refractivity contribution < 1.29 is 109 Å². The van der Waals surface area contributed by atoms with E-state index in [0.29, 0.717) is 5.56 Å². The molecule has 1 aromatic heterocycles. The van der Waals surface area contributed by atoms with Gasteiger partial charge in [-0.3, -0.25) is 4.79 Å². The molecule has 4 heterocycles. The Morgan fingerprint density at radius 1 is 0.677 bits per heavy atom. The fourth-order valence-electron chi connectivity index (χ4n) is 7.24. The zero-order chi connectivity index (χ0) is 47.0. The lowest BCUT2D eigenvalue weighted by atomic mass is 9.97. The van der Waals surface area contributed by atoms with Gasteiger partial charge < -0.3 is 104 Å². The molecule has 13 N–H and O–H groups in total. The van der Waals surface area contributed by atoms with Gasteiger partial charge in [-0.05, 0) is 48.9 Å². The van der Waals surface area contributed by atoms with Crippen LogP contribution in [0.4, 0.5) is 0 Å². The Hall–Kier alpha value is -5.64. The largest absolute Gasteiger partial charge is 0.508 e. The molecular formula is C42H46O23. The topological polar surface area (TPSA) is 375 Å². The van der Waals surface area contributed by atoms with Crippen LogP contribution in [0.5, 0.6) is 34.5 Å². The molecule has 0 radical (unpaired) electrons. The summed E-state index contributed by atoms with van der Waals surface area (Å²) in [6.07, 6.45) is -23.9. The van der Waals surface area contributed by atoms with Gasteiger partial charge in [-0.1, -0.05) is 12.1 Å². The average molecular weight is 919 g/mol. The van der Waals surface area contributed by atoms with Gasteiger partial charge in [0.15, 0.2) is 23.5 Å². The van der Waals surface area contributed by atoms with Crippen molar-refractivity contribution in [2.45, 2.75) is 99.0 Å². The summed E-state index contributed by atoms with van der Waals surface area (Å²) in [5.41, 5.74) is -1.11. The first-order chi connectivity index (χ1) is 30.9. The smallest absolute Gasteiger partial charge is 0.330 e. The van der Waals surface area contributed by atoms with Gasteiger partial charge in [0.05, 0.1) is 12.7 Å². The van der Waals surface area contributed by atoms with Crippen LogP contribution in [-0.4, -0.2) is 178 Å². The fourth-order valence-corrected chi connectivity index (χ4v) is 7.24. The summed E-state index contributed by atoms with van der Waals surface area (Å²) in [4.78, 5) is 26.5. The number of phenols is 4. The number of benzene rings is 3. The number of fused-ring (bicyclic) bond motifs is 1. The summed E-state index contributed by atoms with van der Waals surface area (Å²) in [5.74, 6) is -4.52. The molecule has 352 valence electrons. The third-order valence-electron chi connectivity index (χ3n) is 10.9. The molecule has 15 atom stereocenters. The van der Waals surface area contributed by atoms with Crippen LogP contribution in [0.3, 0.4) is 0 Å². The lowest BCUT2D eigenvalue weighted by Gasteiger charge is -2.45. The predicted octanol–water partition coefficient (Wildman–Crippen LogP) is -2.24. The molecule has 23 heteroatoms. The quantitative estimate of drug-likeness (QED) is 0.0406. The highest BCUT2D eigenvalue weighted by Crippen LogP contribution is 2.40. The van der Waals surface area contributed by atoms with Crippen LogP contribution < -0.4 is 14.9 Å². The molecule has 15 unspecified atom stereocenters. The Labute approximate surface area is 365 Å². The zero-order valence-corrected chi connectivity index (χ0v) is 33.8. The molecule has 3 aliphatic heterocycles. The van der Waals surface area contributed by atoms with E-state index in [1.165, 1.54) is 43.3 Å². The van der Waals surface area contributed by atoms with Crippen molar-refractivity contribution in [3.05, 3.63) is 76.5 Å². The molecule has 0 saturated carbocycles. The van der Waals surface area contributed by atoms with Crippen LogP contribution in [0.25, 0.3) is 28.4 Å². The Bertz CT molecular complexity index is 2400.